The lowest BCUT2D eigenvalue weighted by Crippen LogP contribution is -1.94. The Morgan fingerprint density at radius 2 is 1.80 bits per heavy atom. The summed E-state index contributed by atoms with van der Waals surface area (Å²) in [5.41, 5.74) is 6.08. The molecule has 0 aliphatic rings. The first-order chi connectivity index (χ1) is 4.66. The Bertz CT molecular complexity index is 245. The highest BCUT2D eigenvalue weighted by Gasteiger charge is 2.11. The summed E-state index contributed by atoms with van der Waals surface area (Å²) in [7, 11) is 0. The number of hydrogen-bond donors (Lipinski definition) is 1. The monoisotopic (exact) mass is 215 g/mol. The molecule has 1 heterocycles. The molecule has 1 rings (SSSR count). The second-order valence-corrected chi connectivity index (χ2v) is 4.25. The highest BCUT2D eigenvalue weighted by atomic mass is 35.5. The van der Waals surface area contributed by atoms with Gasteiger partial charge >= 0.3 is 0 Å². The third-order valence-corrected chi connectivity index (χ3v) is 3.37. The maximum atomic E-state index is 5.73. The van der Waals surface area contributed by atoms with Gasteiger partial charge in [0.25, 0.3) is 0 Å². The zero-order chi connectivity index (χ0) is 7.72. The molecule has 0 aromatic carbocycles. The van der Waals surface area contributed by atoms with Gasteiger partial charge in [-0.2, -0.15) is 0 Å². The summed E-state index contributed by atoms with van der Waals surface area (Å²) >= 11 is 18.3. The van der Waals surface area contributed by atoms with E-state index in [2.05, 4.69) is 0 Å². The molecule has 0 aliphatic carbocycles. The molecule has 0 atom stereocenters. The Morgan fingerprint density at radius 3 is 2.00 bits per heavy atom. The van der Waals surface area contributed by atoms with Gasteiger partial charge in [-0.1, -0.05) is 34.8 Å². The fourth-order valence-electron chi connectivity index (χ4n) is 0.560. The minimum Gasteiger partial charge on any atom is -0.326 e. The Labute approximate surface area is 77.7 Å². The van der Waals surface area contributed by atoms with Crippen molar-refractivity contribution in [3.63, 3.8) is 0 Å². The predicted molar refractivity (Wildman–Crippen MR) is 47.2 cm³/mol. The fourth-order valence-corrected chi connectivity index (χ4v) is 2.50. The van der Waals surface area contributed by atoms with Crippen molar-refractivity contribution in [3.8, 4) is 0 Å². The van der Waals surface area contributed by atoms with Crippen LogP contribution in [0, 0.1) is 0 Å². The first kappa shape index (κ1) is 8.62. The molecule has 0 spiro atoms. The molecule has 5 heteroatoms. The van der Waals surface area contributed by atoms with E-state index in [0.29, 0.717) is 20.2 Å². The minimum atomic E-state index is 0.334. The second kappa shape index (κ2) is 3.28. The molecule has 0 saturated carbocycles. The lowest BCUT2D eigenvalue weighted by atomic mass is 10.3. The number of nitrogens with two attached hydrogens (primary N) is 1. The Balaban J connectivity index is 3.20. The Morgan fingerprint density at radius 1 is 1.20 bits per heavy atom. The van der Waals surface area contributed by atoms with Gasteiger partial charge in [0.15, 0.2) is 0 Å². The van der Waals surface area contributed by atoms with Gasteiger partial charge in [0.05, 0.1) is 5.02 Å². The number of halogens is 3. The molecule has 10 heavy (non-hydrogen) atoms. The van der Waals surface area contributed by atoms with Crippen molar-refractivity contribution in [3.05, 3.63) is 19.3 Å². The number of rotatable bonds is 1. The highest BCUT2D eigenvalue weighted by molar-refractivity contribution is 7.20. The van der Waals surface area contributed by atoms with E-state index in [1.54, 1.807) is 0 Å². The molecule has 56 valence electrons. The van der Waals surface area contributed by atoms with E-state index in [9.17, 15) is 0 Å². The SMILES string of the molecule is NCc1c(Cl)sc(Cl)c1Cl. The van der Waals surface area contributed by atoms with Crippen molar-refractivity contribution in [2.45, 2.75) is 6.54 Å². The van der Waals surface area contributed by atoms with Gasteiger partial charge in [-0.25, -0.2) is 0 Å². The van der Waals surface area contributed by atoms with Crippen LogP contribution in [-0.2, 0) is 6.54 Å². The molecule has 1 aromatic rings. The minimum absolute atomic E-state index is 0.334. The van der Waals surface area contributed by atoms with Crippen LogP contribution in [0.25, 0.3) is 0 Å². The van der Waals surface area contributed by atoms with Gasteiger partial charge in [-0.15, -0.1) is 11.3 Å². The standard InChI is InChI=1S/C5H4Cl3NS/c6-3-2(1-9)4(7)10-5(3)8/h1,9H2. The first-order valence-electron chi connectivity index (χ1n) is 2.49. The zero-order valence-corrected chi connectivity index (χ0v) is 7.91. The molecule has 0 amide bonds. The molecule has 0 aliphatic heterocycles. The largest absolute Gasteiger partial charge is 0.326 e. The van der Waals surface area contributed by atoms with Gasteiger partial charge < -0.3 is 5.73 Å². The maximum absolute atomic E-state index is 5.73. The average molecular weight is 217 g/mol. The van der Waals surface area contributed by atoms with E-state index in [-0.39, 0.29) is 0 Å². The van der Waals surface area contributed by atoms with Crippen molar-refractivity contribution < 1.29 is 0 Å². The molecule has 0 radical (unpaired) electrons. The Kier molecular flexibility index (Phi) is 2.83. The van der Waals surface area contributed by atoms with Crippen LogP contribution < -0.4 is 5.73 Å². The normalized spacial score (nSPS) is 10.4. The topological polar surface area (TPSA) is 26.0 Å². The third kappa shape index (κ3) is 1.41. The molecular formula is C5H4Cl3NS. The average Bonchev–Trinajstić information content (AvgIpc) is 2.09. The third-order valence-electron chi connectivity index (χ3n) is 1.06. The van der Waals surface area contributed by atoms with Crippen LogP contribution in [0.5, 0.6) is 0 Å². The van der Waals surface area contributed by atoms with Crippen LogP contribution in [0.1, 0.15) is 5.56 Å². The van der Waals surface area contributed by atoms with Gasteiger partial charge in [0, 0.05) is 12.1 Å². The Hall–Kier alpha value is 0.530. The molecule has 0 unspecified atom stereocenters. The van der Waals surface area contributed by atoms with Crippen molar-refractivity contribution in [2.75, 3.05) is 0 Å². The van der Waals surface area contributed by atoms with E-state index < -0.39 is 0 Å². The zero-order valence-electron chi connectivity index (χ0n) is 4.83. The molecule has 0 fully saturated rings. The first-order valence-corrected chi connectivity index (χ1v) is 4.44. The number of hydrogen-bond acceptors (Lipinski definition) is 2. The molecule has 0 saturated heterocycles. The van der Waals surface area contributed by atoms with Gasteiger partial charge in [-0.3, -0.25) is 0 Å². The van der Waals surface area contributed by atoms with Crippen molar-refractivity contribution >= 4 is 46.1 Å². The van der Waals surface area contributed by atoms with Crippen LogP contribution in [0.2, 0.25) is 13.7 Å². The summed E-state index contributed by atoms with van der Waals surface area (Å²) in [4.78, 5) is 0. The lowest BCUT2D eigenvalue weighted by Gasteiger charge is -1.90. The van der Waals surface area contributed by atoms with Crippen LogP contribution in [0.4, 0.5) is 0 Å². The summed E-state index contributed by atoms with van der Waals surface area (Å²) in [5.74, 6) is 0. The summed E-state index contributed by atoms with van der Waals surface area (Å²) in [6.07, 6.45) is 0. The second-order valence-electron chi connectivity index (χ2n) is 1.65. The summed E-state index contributed by atoms with van der Waals surface area (Å²) in [5, 5.41) is 0.485. The van der Waals surface area contributed by atoms with Crippen LogP contribution in [0.3, 0.4) is 0 Å². The molecule has 1 nitrogen and oxygen atoms in total. The number of thiophene rings is 1. The summed E-state index contributed by atoms with van der Waals surface area (Å²) in [6, 6.07) is 0. The molecule has 2 N–H and O–H groups in total. The lowest BCUT2D eigenvalue weighted by molar-refractivity contribution is 1.08. The van der Waals surface area contributed by atoms with E-state index >= 15 is 0 Å². The summed E-state index contributed by atoms with van der Waals surface area (Å²) in [6.45, 7) is 0.334. The van der Waals surface area contributed by atoms with E-state index in [0.717, 1.165) is 5.56 Å². The van der Waals surface area contributed by atoms with E-state index in [1.165, 1.54) is 11.3 Å². The van der Waals surface area contributed by atoms with Crippen LogP contribution in [0.15, 0.2) is 0 Å². The predicted octanol–water partition coefficient (Wildman–Crippen LogP) is 3.17. The van der Waals surface area contributed by atoms with Crippen molar-refractivity contribution in [2.24, 2.45) is 5.73 Å². The molecular weight excluding hydrogens is 212 g/mol. The van der Waals surface area contributed by atoms with E-state index in [4.69, 9.17) is 40.5 Å². The van der Waals surface area contributed by atoms with E-state index in [1.807, 2.05) is 0 Å². The fraction of sp³-hybridized carbons (Fsp3) is 0.200. The van der Waals surface area contributed by atoms with Gasteiger partial charge in [0.1, 0.15) is 8.67 Å². The van der Waals surface area contributed by atoms with Crippen LogP contribution >= 0.6 is 46.1 Å². The summed E-state index contributed by atoms with van der Waals surface area (Å²) < 4.78 is 1.09. The molecule has 1 aromatic heterocycles. The van der Waals surface area contributed by atoms with Gasteiger partial charge in [-0.05, 0) is 0 Å². The smallest absolute Gasteiger partial charge is 0.113 e. The molecule has 0 bridgehead atoms. The maximum Gasteiger partial charge on any atom is 0.113 e. The highest BCUT2D eigenvalue weighted by Crippen LogP contribution is 2.39. The van der Waals surface area contributed by atoms with Crippen molar-refractivity contribution in [1.29, 1.82) is 0 Å². The quantitative estimate of drug-likeness (QED) is 0.767. The van der Waals surface area contributed by atoms with Crippen molar-refractivity contribution in [1.82, 2.24) is 0 Å². The van der Waals surface area contributed by atoms with Gasteiger partial charge in [0.2, 0.25) is 0 Å². The van der Waals surface area contributed by atoms with Crippen LogP contribution in [-0.4, -0.2) is 0 Å².